The van der Waals surface area contributed by atoms with Gasteiger partial charge in [0.2, 0.25) is 0 Å². The Bertz CT molecular complexity index is 597. The van der Waals surface area contributed by atoms with Crippen molar-refractivity contribution in [2.45, 2.75) is 25.6 Å². The zero-order chi connectivity index (χ0) is 15.6. The number of anilines is 1. The number of benzene rings is 1. The van der Waals surface area contributed by atoms with Crippen LogP contribution in [0.2, 0.25) is 0 Å². The van der Waals surface area contributed by atoms with Crippen LogP contribution in [0.15, 0.2) is 18.2 Å². The molecule has 1 aromatic carbocycles. The van der Waals surface area contributed by atoms with Gasteiger partial charge in [-0.05, 0) is 24.6 Å². The van der Waals surface area contributed by atoms with Gasteiger partial charge in [0.25, 0.3) is 11.7 Å². The molecule has 2 rings (SSSR count). The van der Waals surface area contributed by atoms with E-state index < -0.39 is 29.9 Å². The number of hydrogen-bond acceptors (Lipinski definition) is 6. The molecule has 0 radical (unpaired) electrons. The highest BCUT2D eigenvalue weighted by Crippen LogP contribution is 2.28. The molecule has 1 aromatic rings. The fourth-order valence-corrected chi connectivity index (χ4v) is 2.07. The second-order valence-electron chi connectivity index (χ2n) is 4.61. The molecule has 1 heterocycles. The summed E-state index contributed by atoms with van der Waals surface area (Å²) in [5.74, 6) is -1.99. The molecule has 21 heavy (non-hydrogen) atoms. The fourth-order valence-electron chi connectivity index (χ4n) is 2.07. The van der Waals surface area contributed by atoms with Gasteiger partial charge in [-0.1, -0.05) is 6.07 Å². The first kappa shape index (κ1) is 15.1. The van der Waals surface area contributed by atoms with E-state index >= 15 is 0 Å². The van der Waals surface area contributed by atoms with Crippen LogP contribution in [0.3, 0.4) is 0 Å². The average molecular weight is 293 g/mol. The van der Waals surface area contributed by atoms with Gasteiger partial charge in [-0.25, -0.2) is 0 Å². The summed E-state index contributed by atoms with van der Waals surface area (Å²) in [6.07, 6.45) is -3.01. The molecule has 7 heteroatoms. The number of amides is 1. The Morgan fingerprint density at radius 3 is 2.71 bits per heavy atom. The van der Waals surface area contributed by atoms with Crippen LogP contribution in [-0.4, -0.2) is 40.6 Å². The SMILES string of the molecule is CCOC(=O)CC(O)C(O)c1ccc2c(c1)NC(=O)C2=O. The van der Waals surface area contributed by atoms with Crippen molar-refractivity contribution in [2.24, 2.45) is 0 Å². The van der Waals surface area contributed by atoms with E-state index in [1.807, 2.05) is 0 Å². The molecule has 112 valence electrons. The molecule has 1 amide bonds. The van der Waals surface area contributed by atoms with Crippen LogP contribution < -0.4 is 5.32 Å². The topological polar surface area (TPSA) is 113 Å². The Morgan fingerprint density at radius 2 is 2.05 bits per heavy atom. The Balaban J connectivity index is 2.12. The van der Waals surface area contributed by atoms with Crippen molar-refractivity contribution in [1.29, 1.82) is 0 Å². The summed E-state index contributed by atoms with van der Waals surface area (Å²) in [6.45, 7) is 1.83. The van der Waals surface area contributed by atoms with Crippen molar-refractivity contribution in [2.75, 3.05) is 11.9 Å². The Hall–Kier alpha value is -2.25. The van der Waals surface area contributed by atoms with E-state index in [2.05, 4.69) is 10.1 Å². The lowest BCUT2D eigenvalue weighted by molar-refractivity contribution is -0.147. The minimum atomic E-state index is -1.34. The quantitative estimate of drug-likeness (QED) is 0.527. The summed E-state index contributed by atoms with van der Waals surface area (Å²) in [6, 6.07) is 4.22. The molecule has 0 aliphatic carbocycles. The highest BCUT2D eigenvalue weighted by atomic mass is 16.5. The average Bonchev–Trinajstić information content (AvgIpc) is 2.73. The van der Waals surface area contributed by atoms with Gasteiger partial charge in [-0.2, -0.15) is 0 Å². The molecular weight excluding hydrogens is 278 g/mol. The van der Waals surface area contributed by atoms with Gasteiger partial charge < -0.3 is 20.3 Å². The zero-order valence-corrected chi connectivity index (χ0v) is 11.3. The molecule has 0 bridgehead atoms. The van der Waals surface area contributed by atoms with Crippen LogP contribution in [0.5, 0.6) is 0 Å². The number of carbonyl (C=O) groups excluding carboxylic acids is 3. The van der Waals surface area contributed by atoms with Crippen molar-refractivity contribution in [3.8, 4) is 0 Å². The standard InChI is InChI=1S/C14H15NO6/c1-2-21-11(17)6-10(16)12(18)7-3-4-8-9(5-7)15-14(20)13(8)19/h3-5,10,12,16,18H,2,6H2,1H3,(H,15,19,20). The number of aliphatic hydroxyl groups is 2. The normalized spacial score (nSPS) is 16.1. The van der Waals surface area contributed by atoms with Gasteiger partial charge in [0.05, 0.1) is 30.4 Å². The van der Waals surface area contributed by atoms with E-state index in [1.54, 1.807) is 6.92 Å². The first-order chi connectivity index (χ1) is 9.93. The molecular formula is C14H15NO6. The van der Waals surface area contributed by atoms with E-state index in [-0.39, 0.29) is 24.3 Å². The molecule has 3 N–H and O–H groups in total. The minimum Gasteiger partial charge on any atom is -0.466 e. The van der Waals surface area contributed by atoms with Gasteiger partial charge in [0.15, 0.2) is 0 Å². The first-order valence-corrected chi connectivity index (χ1v) is 6.45. The molecule has 0 spiro atoms. The maximum absolute atomic E-state index is 11.4. The summed E-state index contributed by atoms with van der Waals surface area (Å²) < 4.78 is 4.69. The summed E-state index contributed by atoms with van der Waals surface area (Å²) >= 11 is 0. The molecule has 0 fully saturated rings. The summed E-state index contributed by atoms with van der Waals surface area (Å²) in [5, 5.41) is 22.2. The van der Waals surface area contributed by atoms with Crippen molar-refractivity contribution < 1.29 is 29.3 Å². The number of fused-ring (bicyclic) bond motifs is 1. The van der Waals surface area contributed by atoms with E-state index in [4.69, 9.17) is 0 Å². The number of Topliss-reactive ketones (excluding diaryl/α,β-unsaturated/α-hetero) is 1. The fraction of sp³-hybridized carbons (Fsp3) is 0.357. The number of nitrogens with one attached hydrogen (secondary N) is 1. The Kier molecular flexibility index (Phi) is 4.35. The molecule has 2 atom stereocenters. The highest BCUT2D eigenvalue weighted by Gasteiger charge is 2.30. The number of ketones is 1. The summed E-state index contributed by atoms with van der Waals surface area (Å²) in [7, 11) is 0. The van der Waals surface area contributed by atoms with Crippen LogP contribution in [0, 0.1) is 0 Å². The van der Waals surface area contributed by atoms with Crippen LogP contribution in [0.4, 0.5) is 5.69 Å². The smallest absolute Gasteiger partial charge is 0.308 e. The van der Waals surface area contributed by atoms with Gasteiger partial charge in [0.1, 0.15) is 6.10 Å². The highest BCUT2D eigenvalue weighted by molar-refractivity contribution is 6.51. The lowest BCUT2D eigenvalue weighted by Gasteiger charge is -2.18. The Labute approximate surface area is 120 Å². The van der Waals surface area contributed by atoms with E-state index in [1.165, 1.54) is 18.2 Å². The third kappa shape index (κ3) is 3.09. The lowest BCUT2D eigenvalue weighted by atomic mass is 9.99. The first-order valence-electron chi connectivity index (χ1n) is 6.45. The van der Waals surface area contributed by atoms with Crippen LogP contribution in [-0.2, 0) is 14.3 Å². The number of rotatable bonds is 5. The van der Waals surface area contributed by atoms with E-state index in [0.717, 1.165) is 0 Å². The third-order valence-electron chi connectivity index (χ3n) is 3.13. The Morgan fingerprint density at radius 1 is 1.33 bits per heavy atom. The second kappa shape index (κ2) is 6.02. The largest absolute Gasteiger partial charge is 0.466 e. The molecule has 1 aliphatic rings. The molecule has 7 nitrogen and oxygen atoms in total. The molecule has 0 saturated heterocycles. The van der Waals surface area contributed by atoms with Gasteiger partial charge in [-0.15, -0.1) is 0 Å². The minimum absolute atomic E-state index is 0.189. The monoisotopic (exact) mass is 293 g/mol. The zero-order valence-electron chi connectivity index (χ0n) is 11.3. The molecule has 0 aromatic heterocycles. The summed E-state index contributed by atoms with van der Waals surface area (Å²) in [4.78, 5) is 33.9. The van der Waals surface area contributed by atoms with Gasteiger partial charge >= 0.3 is 5.97 Å². The van der Waals surface area contributed by atoms with E-state index in [9.17, 15) is 24.6 Å². The summed E-state index contributed by atoms with van der Waals surface area (Å²) in [5.41, 5.74) is 0.793. The van der Waals surface area contributed by atoms with Crippen molar-refractivity contribution in [1.82, 2.24) is 0 Å². The predicted molar refractivity (Wildman–Crippen MR) is 71.6 cm³/mol. The van der Waals surface area contributed by atoms with Gasteiger partial charge in [0, 0.05) is 0 Å². The van der Waals surface area contributed by atoms with Crippen LogP contribution in [0.25, 0.3) is 0 Å². The number of hydrogen-bond donors (Lipinski definition) is 3. The predicted octanol–water partition coefficient (Wildman–Crippen LogP) is 0.169. The number of carbonyl (C=O) groups is 3. The number of ether oxygens (including phenoxy) is 1. The number of esters is 1. The maximum atomic E-state index is 11.4. The van der Waals surface area contributed by atoms with Crippen molar-refractivity contribution in [3.63, 3.8) is 0 Å². The number of aliphatic hydroxyl groups excluding tert-OH is 2. The molecule has 1 aliphatic heterocycles. The molecule has 0 saturated carbocycles. The van der Waals surface area contributed by atoms with E-state index in [0.29, 0.717) is 5.56 Å². The van der Waals surface area contributed by atoms with Crippen LogP contribution >= 0.6 is 0 Å². The van der Waals surface area contributed by atoms with Gasteiger partial charge in [-0.3, -0.25) is 14.4 Å². The molecule has 2 unspecified atom stereocenters. The second-order valence-corrected chi connectivity index (χ2v) is 4.61. The van der Waals surface area contributed by atoms with Crippen LogP contribution in [0.1, 0.15) is 35.4 Å². The van der Waals surface area contributed by atoms with Crippen molar-refractivity contribution in [3.05, 3.63) is 29.3 Å². The maximum Gasteiger partial charge on any atom is 0.308 e. The van der Waals surface area contributed by atoms with Crippen molar-refractivity contribution >= 4 is 23.3 Å². The third-order valence-corrected chi connectivity index (χ3v) is 3.13. The lowest BCUT2D eigenvalue weighted by Crippen LogP contribution is -2.23.